The summed E-state index contributed by atoms with van der Waals surface area (Å²) in [7, 11) is 1.37. The Balaban J connectivity index is 2.10. The van der Waals surface area contributed by atoms with E-state index >= 15 is 0 Å². The van der Waals surface area contributed by atoms with Gasteiger partial charge in [-0.1, -0.05) is 24.6 Å². The monoisotopic (exact) mass is 304 g/mol. The predicted octanol–water partition coefficient (Wildman–Crippen LogP) is 2.27. The van der Waals surface area contributed by atoms with Gasteiger partial charge in [0.25, 0.3) is 0 Å². The Labute approximate surface area is 131 Å². The maximum Gasteiger partial charge on any atom is 0.319 e. The predicted molar refractivity (Wildman–Crippen MR) is 85.8 cm³/mol. The summed E-state index contributed by atoms with van der Waals surface area (Å²) >= 11 is 0. The second-order valence-electron chi connectivity index (χ2n) is 5.81. The summed E-state index contributed by atoms with van der Waals surface area (Å²) in [6.07, 6.45) is 2.78. The molecule has 1 aliphatic rings. The van der Waals surface area contributed by atoms with Crippen molar-refractivity contribution in [2.24, 2.45) is 0 Å². The second-order valence-corrected chi connectivity index (χ2v) is 5.81. The lowest BCUT2D eigenvalue weighted by molar-refractivity contribution is -0.143. The zero-order valence-corrected chi connectivity index (χ0v) is 13.5. The number of nitrogens with one attached hydrogen (secondary N) is 1. The Morgan fingerprint density at radius 1 is 1.27 bits per heavy atom. The van der Waals surface area contributed by atoms with Crippen LogP contribution in [-0.4, -0.2) is 43.0 Å². The Kier molecular flexibility index (Phi) is 5.55. The SMILES string of the molecule is COC(=O)CN1CCCCC1C(=O)Nc1c(C)cccc1C. The number of rotatable bonds is 4. The Hall–Kier alpha value is -1.88. The summed E-state index contributed by atoms with van der Waals surface area (Å²) in [5.74, 6) is -0.340. The molecule has 1 N–H and O–H groups in total. The third kappa shape index (κ3) is 3.85. The maximum absolute atomic E-state index is 12.6. The van der Waals surface area contributed by atoms with E-state index in [-0.39, 0.29) is 24.5 Å². The molecule has 1 aliphatic heterocycles. The van der Waals surface area contributed by atoms with Crippen LogP contribution in [0.25, 0.3) is 0 Å². The number of para-hydroxylation sites is 1. The van der Waals surface area contributed by atoms with Gasteiger partial charge >= 0.3 is 5.97 Å². The number of esters is 1. The van der Waals surface area contributed by atoms with Crippen molar-refractivity contribution in [2.75, 3.05) is 25.5 Å². The van der Waals surface area contributed by atoms with Crippen molar-refractivity contribution in [3.63, 3.8) is 0 Å². The fourth-order valence-corrected chi connectivity index (χ4v) is 2.93. The molecule has 1 heterocycles. The number of piperidine rings is 1. The van der Waals surface area contributed by atoms with Crippen LogP contribution in [0, 0.1) is 13.8 Å². The molecule has 5 heteroatoms. The molecule has 1 amide bonds. The van der Waals surface area contributed by atoms with E-state index in [2.05, 4.69) is 5.32 Å². The van der Waals surface area contributed by atoms with Crippen molar-refractivity contribution >= 4 is 17.6 Å². The smallest absolute Gasteiger partial charge is 0.319 e. The van der Waals surface area contributed by atoms with E-state index < -0.39 is 0 Å². The number of carbonyl (C=O) groups is 2. The summed E-state index contributed by atoms with van der Waals surface area (Å²) in [5, 5.41) is 3.04. The van der Waals surface area contributed by atoms with Gasteiger partial charge in [-0.2, -0.15) is 0 Å². The topological polar surface area (TPSA) is 58.6 Å². The quantitative estimate of drug-likeness (QED) is 0.867. The number of likely N-dealkylation sites (tertiary alicyclic amines) is 1. The van der Waals surface area contributed by atoms with Crippen LogP contribution in [0.4, 0.5) is 5.69 Å². The molecule has 0 saturated carbocycles. The number of aryl methyl sites for hydroxylation is 2. The summed E-state index contributed by atoms with van der Waals surface area (Å²) in [5.41, 5.74) is 2.96. The van der Waals surface area contributed by atoms with Crippen LogP contribution in [0.2, 0.25) is 0 Å². The number of hydrogen-bond acceptors (Lipinski definition) is 4. The molecule has 5 nitrogen and oxygen atoms in total. The van der Waals surface area contributed by atoms with Crippen molar-refractivity contribution < 1.29 is 14.3 Å². The van der Waals surface area contributed by atoms with Gasteiger partial charge < -0.3 is 10.1 Å². The summed E-state index contributed by atoms with van der Waals surface area (Å²) < 4.78 is 4.73. The van der Waals surface area contributed by atoms with Gasteiger partial charge in [-0.3, -0.25) is 14.5 Å². The number of anilines is 1. The van der Waals surface area contributed by atoms with Crippen LogP contribution in [0.1, 0.15) is 30.4 Å². The van der Waals surface area contributed by atoms with Gasteiger partial charge in [0.2, 0.25) is 5.91 Å². The number of hydrogen-bond donors (Lipinski definition) is 1. The lowest BCUT2D eigenvalue weighted by atomic mass is 10.0. The molecular weight excluding hydrogens is 280 g/mol. The van der Waals surface area contributed by atoms with E-state index in [9.17, 15) is 9.59 Å². The van der Waals surface area contributed by atoms with E-state index in [0.29, 0.717) is 0 Å². The Morgan fingerprint density at radius 3 is 2.59 bits per heavy atom. The molecule has 0 bridgehead atoms. The maximum atomic E-state index is 12.6. The first-order valence-electron chi connectivity index (χ1n) is 7.71. The van der Waals surface area contributed by atoms with Crippen molar-refractivity contribution in [3.8, 4) is 0 Å². The summed E-state index contributed by atoms with van der Waals surface area (Å²) in [4.78, 5) is 26.1. The second kappa shape index (κ2) is 7.40. The number of ether oxygens (including phenoxy) is 1. The highest BCUT2D eigenvalue weighted by molar-refractivity contribution is 5.96. The van der Waals surface area contributed by atoms with Gasteiger partial charge in [0.1, 0.15) is 0 Å². The van der Waals surface area contributed by atoms with E-state index in [1.807, 2.05) is 36.9 Å². The first kappa shape index (κ1) is 16.5. The molecule has 1 unspecified atom stereocenters. The van der Waals surface area contributed by atoms with Crippen LogP contribution in [0.3, 0.4) is 0 Å². The normalized spacial score (nSPS) is 18.8. The minimum Gasteiger partial charge on any atom is -0.468 e. The van der Waals surface area contributed by atoms with Crippen molar-refractivity contribution in [3.05, 3.63) is 29.3 Å². The number of amides is 1. The van der Waals surface area contributed by atoms with Crippen LogP contribution in [0.15, 0.2) is 18.2 Å². The summed E-state index contributed by atoms with van der Waals surface area (Å²) in [6.45, 7) is 4.88. The Morgan fingerprint density at radius 2 is 1.95 bits per heavy atom. The van der Waals surface area contributed by atoms with Gasteiger partial charge in [0.05, 0.1) is 19.7 Å². The molecule has 2 rings (SSSR count). The van der Waals surface area contributed by atoms with Crippen LogP contribution >= 0.6 is 0 Å². The van der Waals surface area contributed by atoms with Crippen LogP contribution in [-0.2, 0) is 14.3 Å². The first-order valence-corrected chi connectivity index (χ1v) is 7.71. The lowest BCUT2D eigenvalue weighted by Crippen LogP contribution is -2.49. The number of benzene rings is 1. The molecule has 0 spiro atoms. The molecule has 0 aromatic heterocycles. The van der Waals surface area contributed by atoms with E-state index in [1.54, 1.807) is 0 Å². The zero-order chi connectivity index (χ0) is 16.1. The number of methoxy groups -OCH3 is 1. The molecule has 1 aromatic rings. The molecule has 1 fully saturated rings. The number of nitrogens with zero attached hydrogens (tertiary/aromatic N) is 1. The standard InChI is InChI=1S/C17H24N2O3/c1-12-7-6-8-13(2)16(12)18-17(21)14-9-4-5-10-19(14)11-15(20)22-3/h6-8,14H,4-5,9-11H2,1-3H3,(H,18,21). The zero-order valence-electron chi connectivity index (χ0n) is 13.5. The van der Waals surface area contributed by atoms with Gasteiger partial charge in [-0.25, -0.2) is 0 Å². The van der Waals surface area contributed by atoms with E-state index in [0.717, 1.165) is 42.6 Å². The largest absolute Gasteiger partial charge is 0.468 e. The molecule has 1 saturated heterocycles. The molecule has 1 aromatic carbocycles. The average molecular weight is 304 g/mol. The third-order valence-electron chi connectivity index (χ3n) is 4.21. The van der Waals surface area contributed by atoms with Gasteiger partial charge in [-0.05, 0) is 44.4 Å². The van der Waals surface area contributed by atoms with E-state index in [4.69, 9.17) is 4.74 Å². The molecular formula is C17H24N2O3. The van der Waals surface area contributed by atoms with E-state index in [1.165, 1.54) is 7.11 Å². The highest BCUT2D eigenvalue weighted by atomic mass is 16.5. The fraction of sp³-hybridized carbons (Fsp3) is 0.529. The molecule has 22 heavy (non-hydrogen) atoms. The van der Waals surface area contributed by atoms with Crippen LogP contribution in [0.5, 0.6) is 0 Å². The summed E-state index contributed by atoms with van der Waals surface area (Å²) in [6, 6.07) is 5.67. The minimum atomic E-state index is -0.299. The molecule has 0 radical (unpaired) electrons. The van der Waals surface area contributed by atoms with Crippen molar-refractivity contribution in [1.82, 2.24) is 4.90 Å². The third-order valence-corrected chi connectivity index (χ3v) is 4.21. The molecule has 0 aliphatic carbocycles. The highest BCUT2D eigenvalue weighted by Gasteiger charge is 2.30. The van der Waals surface area contributed by atoms with Crippen LogP contribution < -0.4 is 5.32 Å². The van der Waals surface area contributed by atoms with Gasteiger partial charge in [0, 0.05) is 5.69 Å². The molecule has 1 atom stereocenters. The molecule has 120 valence electrons. The Bertz CT molecular complexity index is 537. The van der Waals surface area contributed by atoms with Gasteiger partial charge in [-0.15, -0.1) is 0 Å². The van der Waals surface area contributed by atoms with Crippen molar-refractivity contribution in [1.29, 1.82) is 0 Å². The first-order chi connectivity index (χ1) is 10.5. The highest BCUT2D eigenvalue weighted by Crippen LogP contribution is 2.23. The van der Waals surface area contributed by atoms with Crippen molar-refractivity contribution in [2.45, 2.75) is 39.2 Å². The fourth-order valence-electron chi connectivity index (χ4n) is 2.93. The average Bonchev–Trinajstić information content (AvgIpc) is 2.51. The number of carbonyl (C=O) groups excluding carboxylic acids is 2. The lowest BCUT2D eigenvalue weighted by Gasteiger charge is -2.33. The van der Waals surface area contributed by atoms with Gasteiger partial charge in [0.15, 0.2) is 0 Å². The minimum absolute atomic E-state index is 0.0407.